The van der Waals surface area contributed by atoms with Crippen LogP contribution in [0, 0.1) is 0 Å². The number of methoxy groups -OCH3 is 1. The molecule has 1 unspecified atom stereocenters. The molecule has 0 aromatic heterocycles. The molecule has 8 heteroatoms. The Morgan fingerprint density at radius 3 is 2.61 bits per heavy atom. The van der Waals surface area contributed by atoms with E-state index in [1.54, 1.807) is 31.2 Å². The average Bonchev–Trinajstić information content (AvgIpc) is 2.43. The van der Waals surface area contributed by atoms with Crippen LogP contribution in [0.15, 0.2) is 28.7 Å². The maximum atomic E-state index is 11.9. The fourth-order valence-corrected chi connectivity index (χ4v) is 2.46. The number of aliphatic carboxylic acids is 1. The number of carboxylic acids is 1. The number of nitrogens with one attached hydrogen (secondary N) is 2. The smallest absolute Gasteiger partial charge is 0.305 e. The van der Waals surface area contributed by atoms with Gasteiger partial charge in [-0.3, -0.25) is 14.4 Å². The first-order chi connectivity index (χ1) is 10.8. The van der Waals surface area contributed by atoms with Crippen LogP contribution in [0.1, 0.15) is 23.7 Å². The largest absolute Gasteiger partial charge is 0.481 e. The zero-order valence-electron chi connectivity index (χ0n) is 12.9. The summed E-state index contributed by atoms with van der Waals surface area (Å²) < 4.78 is 5.70. The van der Waals surface area contributed by atoms with Crippen molar-refractivity contribution in [3.8, 4) is 0 Å². The van der Waals surface area contributed by atoms with Crippen LogP contribution < -0.4 is 10.6 Å². The predicted octanol–water partition coefficient (Wildman–Crippen LogP) is 1.17. The summed E-state index contributed by atoms with van der Waals surface area (Å²) in [6.45, 7) is 1.35. The summed E-state index contributed by atoms with van der Waals surface area (Å²) in [6, 6.07) is 6.75. The summed E-state index contributed by atoms with van der Waals surface area (Å²) in [7, 11) is 1.42. The number of benzene rings is 1. The molecule has 1 atom stereocenters. The van der Waals surface area contributed by atoms with E-state index in [9.17, 15) is 14.4 Å². The molecule has 0 radical (unpaired) electrons. The fourth-order valence-electron chi connectivity index (χ4n) is 2.06. The van der Waals surface area contributed by atoms with Gasteiger partial charge in [0.05, 0.1) is 25.1 Å². The minimum Gasteiger partial charge on any atom is -0.481 e. The van der Waals surface area contributed by atoms with Gasteiger partial charge in [0.1, 0.15) is 0 Å². The second-order valence-electron chi connectivity index (χ2n) is 5.31. The highest BCUT2D eigenvalue weighted by molar-refractivity contribution is 9.10. The Kier molecular flexibility index (Phi) is 7.18. The van der Waals surface area contributed by atoms with Crippen molar-refractivity contribution in [3.63, 3.8) is 0 Å². The number of carboxylic acid groups (broad SMARTS) is 1. The van der Waals surface area contributed by atoms with Crippen LogP contribution in [0.4, 0.5) is 0 Å². The third-order valence-electron chi connectivity index (χ3n) is 2.94. The van der Waals surface area contributed by atoms with Gasteiger partial charge in [-0.15, -0.1) is 0 Å². The molecule has 0 aliphatic heterocycles. The Hall–Kier alpha value is -1.93. The quantitative estimate of drug-likeness (QED) is 0.621. The van der Waals surface area contributed by atoms with E-state index in [0.29, 0.717) is 5.56 Å². The normalized spacial score (nSPS) is 13.0. The molecule has 1 rings (SSSR count). The van der Waals surface area contributed by atoms with E-state index < -0.39 is 23.3 Å². The van der Waals surface area contributed by atoms with Gasteiger partial charge in [0.25, 0.3) is 5.91 Å². The molecule has 126 valence electrons. The number of halogens is 1. The molecule has 23 heavy (non-hydrogen) atoms. The lowest BCUT2D eigenvalue weighted by Crippen LogP contribution is -2.53. The molecular weight excluding hydrogens is 368 g/mol. The zero-order chi connectivity index (χ0) is 17.5. The van der Waals surface area contributed by atoms with Crippen molar-refractivity contribution in [3.05, 3.63) is 34.3 Å². The van der Waals surface area contributed by atoms with Gasteiger partial charge in [-0.1, -0.05) is 22.0 Å². The van der Waals surface area contributed by atoms with E-state index in [1.807, 2.05) is 0 Å². The lowest BCUT2D eigenvalue weighted by Gasteiger charge is -2.28. The summed E-state index contributed by atoms with van der Waals surface area (Å²) in [4.78, 5) is 34.7. The van der Waals surface area contributed by atoms with E-state index in [0.717, 1.165) is 4.47 Å². The summed E-state index contributed by atoms with van der Waals surface area (Å²) >= 11 is 3.26. The Morgan fingerprint density at radius 1 is 1.35 bits per heavy atom. The van der Waals surface area contributed by atoms with E-state index in [-0.39, 0.29) is 19.6 Å². The van der Waals surface area contributed by atoms with Gasteiger partial charge in [-0.2, -0.15) is 0 Å². The molecule has 0 saturated heterocycles. The molecule has 0 spiro atoms. The van der Waals surface area contributed by atoms with E-state index in [2.05, 4.69) is 26.6 Å². The van der Waals surface area contributed by atoms with Crippen molar-refractivity contribution in [1.82, 2.24) is 10.6 Å². The van der Waals surface area contributed by atoms with Crippen molar-refractivity contribution in [1.29, 1.82) is 0 Å². The van der Waals surface area contributed by atoms with Gasteiger partial charge in [-0.25, -0.2) is 0 Å². The van der Waals surface area contributed by atoms with E-state index >= 15 is 0 Å². The molecular formula is C15H19BrN2O5. The zero-order valence-corrected chi connectivity index (χ0v) is 14.5. The van der Waals surface area contributed by atoms with Crippen molar-refractivity contribution >= 4 is 33.7 Å². The second kappa shape index (κ2) is 8.64. The molecule has 3 N–H and O–H groups in total. The minimum absolute atomic E-state index is 0.0462. The Labute approximate surface area is 142 Å². The van der Waals surface area contributed by atoms with Crippen LogP contribution in [0.5, 0.6) is 0 Å². The molecule has 1 aromatic carbocycles. The average molecular weight is 387 g/mol. The van der Waals surface area contributed by atoms with Crippen LogP contribution in [0.25, 0.3) is 0 Å². The topological polar surface area (TPSA) is 105 Å². The highest BCUT2D eigenvalue weighted by atomic mass is 79.9. The summed E-state index contributed by atoms with van der Waals surface area (Å²) in [5.41, 5.74) is -0.629. The highest BCUT2D eigenvalue weighted by Crippen LogP contribution is 2.12. The van der Waals surface area contributed by atoms with Gasteiger partial charge in [0, 0.05) is 17.1 Å². The molecule has 0 saturated carbocycles. The maximum Gasteiger partial charge on any atom is 0.305 e. The van der Waals surface area contributed by atoms with Gasteiger partial charge in [0.15, 0.2) is 0 Å². The molecule has 7 nitrogen and oxygen atoms in total. The summed E-state index contributed by atoms with van der Waals surface area (Å²) in [5, 5.41) is 14.0. The number of rotatable bonds is 8. The van der Waals surface area contributed by atoms with Gasteiger partial charge < -0.3 is 20.5 Å². The molecule has 0 fully saturated rings. The van der Waals surface area contributed by atoms with Gasteiger partial charge >= 0.3 is 5.97 Å². The first-order valence-electron chi connectivity index (χ1n) is 6.81. The Balaban J connectivity index is 2.58. The molecule has 1 aromatic rings. The number of carbonyl (C=O) groups is 3. The van der Waals surface area contributed by atoms with E-state index in [1.165, 1.54) is 7.11 Å². The lowest BCUT2D eigenvalue weighted by atomic mass is 9.99. The Bertz CT molecular complexity index is 593. The fraction of sp³-hybridized carbons (Fsp3) is 0.400. The molecule has 0 aliphatic rings. The summed E-state index contributed by atoms with van der Waals surface area (Å²) in [6.07, 6.45) is -0.286. The number of amides is 2. The standard InChI is InChI=1S/C15H19BrN2O5/c1-15(9-23-2,7-13(20)21)18-12(19)8-17-14(22)10-4-3-5-11(16)6-10/h3-6H,7-9H2,1-2H3,(H,17,22)(H,18,19)(H,20,21). The number of hydrogen-bond acceptors (Lipinski definition) is 4. The summed E-state index contributed by atoms with van der Waals surface area (Å²) in [5.74, 6) is -1.94. The number of carbonyl (C=O) groups excluding carboxylic acids is 2. The van der Waals surface area contributed by atoms with E-state index in [4.69, 9.17) is 9.84 Å². The monoisotopic (exact) mass is 386 g/mol. The van der Waals surface area contributed by atoms with Gasteiger partial charge in [-0.05, 0) is 25.1 Å². The van der Waals surface area contributed by atoms with Crippen LogP contribution >= 0.6 is 15.9 Å². The van der Waals surface area contributed by atoms with Crippen LogP contribution in [0.2, 0.25) is 0 Å². The number of ether oxygens (including phenoxy) is 1. The van der Waals surface area contributed by atoms with Crippen molar-refractivity contribution in [2.24, 2.45) is 0 Å². The number of hydrogen-bond donors (Lipinski definition) is 3. The second-order valence-corrected chi connectivity index (χ2v) is 6.22. The van der Waals surface area contributed by atoms with Crippen LogP contribution in [-0.2, 0) is 14.3 Å². The molecule has 0 aliphatic carbocycles. The first kappa shape index (κ1) is 19.1. The molecule has 0 heterocycles. The first-order valence-corrected chi connectivity index (χ1v) is 7.60. The van der Waals surface area contributed by atoms with Crippen LogP contribution in [0.3, 0.4) is 0 Å². The third kappa shape index (κ3) is 6.79. The van der Waals surface area contributed by atoms with Crippen molar-refractivity contribution < 1.29 is 24.2 Å². The molecule has 0 bridgehead atoms. The highest BCUT2D eigenvalue weighted by Gasteiger charge is 2.29. The lowest BCUT2D eigenvalue weighted by molar-refractivity contribution is -0.139. The Morgan fingerprint density at radius 2 is 2.04 bits per heavy atom. The van der Waals surface area contributed by atoms with Crippen LogP contribution in [-0.4, -0.2) is 48.7 Å². The molecule has 2 amide bonds. The van der Waals surface area contributed by atoms with Crippen molar-refractivity contribution in [2.75, 3.05) is 20.3 Å². The maximum absolute atomic E-state index is 11.9. The van der Waals surface area contributed by atoms with Crippen molar-refractivity contribution in [2.45, 2.75) is 18.9 Å². The SMILES string of the molecule is COCC(C)(CC(=O)O)NC(=O)CNC(=O)c1cccc(Br)c1. The third-order valence-corrected chi connectivity index (χ3v) is 3.44. The van der Waals surface area contributed by atoms with Gasteiger partial charge in [0.2, 0.25) is 5.91 Å². The minimum atomic E-state index is -1.05. The predicted molar refractivity (Wildman–Crippen MR) is 87.2 cm³/mol.